The Morgan fingerprint density at radius 3 is 2.32 bits per heavy atom. The summed E-state index contributed by atoms with van der Waals surface area (Å²) in [5, 5.41) is 7.73. The van der Waals surface area contributed by atoms with E-state index in [1.165, 1.54) is 11.3 Å². The van der Waals surface area contributed by atoms with E-state index in [1.807, 2.05) is 53.9 Å². The fourth-order valence-electron chi connectivity index (χ4n) is 3.37. The number of thiazole rings is 1. The summed E-state index contributed by atoms with van der Waals surface area (Å²) >= 11 is 1.41. The van der Waals surface area contributed by atoms with Crippen LogP contribution in [0.5, 0.6) is 11.5 Å². The first-order chi connectivity index (χ1) is 15.3. The highest BCUT2D eigenvalue weighted by molar-refractivity contribution is 7.14. The van der Waals surface area contributed by atoms with Crippen LogP contribution in [0.1, 0.15) is 10.4 Å². The largest absolute Gasteiger partial charge is 0.457 e. The Morgan fingerprint density at radius 1 is 0.774 bits per heavy atom. The number of anilines is 1. The molecule has 0 fully saturated rings. The molecule has 150 valence electrons. The molecule has 1 amide bonds. The highest BCUT2D eigenvalue weighted by Crippen LogP contribution is 2.31. The lowest BCUT2D eigenvalue weighted by Crippen LogP contribution is -2.11. The van der Waals surface area contributed by atoms with Gasteiger partial charge in [0.1, 0.15) is 11.5 Å². The second-order valence-electron chi connectivity index (χ2n) is 6.96. The summed E-state index contributed by atoms with van der Waals surface area (Å²) in [6.45, 7) is 0. The third-order valence-corrected chi connectivity index (χ3v) is 5.64. The molecule has 5 aromatic rings. The Hall–Kier alpha value is -3.96. The first-order valence-electron chi connectivity index (χ1n) is 9.84. The zero-order valence-electron chi connectivity index (χ0n) is 16.5. The second kappa shape index (κ2) is 8.42. The monoisotopic (exact) mass is 422 g/mol. The van der Waals surface area contributed by atoms with Gasteiger partial charge in [-0.25, -0.2) is 4.98 Å². The number of carbonyl (C=O) groups is 1. The van der Waals surface area contributed by atoms with Crippen LogP contribution in [-0.4, -0.2) is 10.9 Å². The Bertz CT molecular complexity index is 1340. The minimum Gasteiger partial charge on any atom is -0.457 e. The predicted octanol–water partition coefficient (Wildman–Crippen LogP) is 7.01. The van der Waals surface area contributed by atoms with Crippen molar-refractivity contribution >= 4 is 33.1 Å². The average molecular weight is 423 g/mol. The molecule has 5 heteroatoms. The number of hydrogen-bond acceptors (Lipinski definition) is 4. The van der Waals surface area contributed by atoms with Crippen molar-refractivity contribution in [2.24, 2.45) is 0 Å². The Morgan fingerprint density at radius 2 is 1.48 bits per heavy atom. The highest BCUT2D eigenvalue weighted by Gasteiger charge is 2.12. The van der Waals surface area contributed by atoms with Crippen LogP contribution in [0.3, 0.4) is 0 Å². The van der Waals surface area contributed by atoms with Gasteiger partial charge in [0.05, 0.1) is 5.69 Å². The number of amides is 1. The average Bonchev–Trinajstić information content (AvgIpc) is 3.28. The molecule has 0 aliphatic carbocycles. The number of para-hydroxylation sites is 1. The molecule has 5 rings (SSSR count). The minimum absolute atomic E-state index is 0.204. The van der Waals surface area contributed by atoms with Gasteiger partial charge in [-0.05, 0) is 47.2 Å². The Kier molecular flexibility index (Phi) is 5.17. The number of rotatable bonds is 5. The highest BCUT2D eigenvalue weighted by atomic mass is 32.1. The SMILES string of the molecule is O=C(Nc1nc(-c2cccc3ccccc23)cs1)c1ccc(Oc2ccccc2)cc1. The van der Waals surface area contributed by atoms with Crippen LogP contribution in [0.25, 0.3) is 22.0 Å². The molecule has 0 aliphatic rings. The number of nitrogens with zero attached hydrogens (tertiary/aromatic N) is 1. The maximum atomic E-state index is 12.7. The Labute approximate surface area is 183 Å². The fraction of sp³-hybridized carbons (Fsp3) is 0. The van der Waals surface area contributed by atoms with E-state index in [-0.39, 0.29) is 5.91 Å². The van der Waals surface area contributed by atoms with Gasteiger partial charge in [0.2, 0.25) is 0 Å². The first-order valence-corrected chi connectivity index (χ1v) is 10.7. The fourth-order valence-corrected chi connectivity index (χ4v) is 4.08. The standard InChI is InChI=1S/C26H18N2O2S/c29-25(19-13-15-21(16-14-19)30-20-9-2-1-3-10-20)28-26-27-24(17-31-26)23-12-6-8-18-7-4-5-11-22(18)23/h1-17H,(H,27,28,29). The van der Waals surface area contributed by atoms with Crippen molar-refractivity contribution in [1.29, 1.82) is 0 Å². The molecule has 0 saturated carbocycles. The van der Waals surface area contributed by atoms with E-state index >= 15 is 0 Å². The topological polar surface area (TPSA) is 51.2 Å². The molecule has 4 aromatic carbocycles. The van der Waals surface area contributed by atoms with Crippen LogP contribution in [0.2, 0.25) is 0 Å². The summed E-state index contributed by atoms with van der Waals surface area (Å²) < 4.78 is 5.78. The van der Waals surface area contributed by atoms with Gasteiger partial charge in [-0.2, -0.15) is 0 Å². The molecular formula is C26H18N2O2S. The van der Waals surface area contributed by atoms with Crippen molar-refractivity contribution in [2.45, 2.75) is 0 Å². The number of hydrogen-bond donors (Lipinski definition) is 1. The van der Waals surface area contributed by atoms with E-state index in [1.54, 1.807) is 24.3 Å². The van der Waals surface area contributed by atoms with Gasteiger partial charge in [-0.3, -0.25) is 10.1 Å². The number of fused-ring (bicyclic) bond motifs is 1. The van der Waals surface area contributed by atoms with Gasteiger partial charge < -0.3 is 4.74 Å². The van der Waals surface area contributed by atoms with Gasteiger partial charge in [0, 0.05) is 16.5 Å². The number of aromatic nitrogens is 1. The van der Waals surface area contributed by atoms with E-state index in [4.69, 9.17) is 4.74 Å². The van der Waals surface area contributed by atoms with Crippen molar-refractivity contribution < 1.29 is 9.53 Å². The van der Waals surface area contributed by atoms with E-state index in [0.717, 1.165) is 27.8 Å². The Balaban J connectivity index is 1.30. The number of ether oxygens (including phenoxy) is 1. The molecule has 0 aliphatic heterocycles. The summed E-state index contributed by atoms with van der Waals surface area (Å²) in [5.41, 5.74) is 2.45. The maximum Gasteiger partial charge on any atom is 0.257 e. The quantitative estimate of drug-likeness (QED) is 0.331. The van der Waals surface area contributed by atoms with Crippen molar-refractivity contribution in [3.8, 4) is 22.8 Å². The molecule has 0 saturated heterocycles. The summed E-state index contributed by atoms with van der Waals surface area (Å²) in [6.07, 6.45) is 0. The van der Waals surface area contributed by atoms with Gasteiger partial charge in [-0.1, -0.05) is 60.7 Å². The smallest absolute Gasteiger partial charge is 0.257 e. The number of nitrogens with one attached hydrogen (secondary N) is 1. The third-order valence-electron chi connectivity index (χ3n) is 4.89. The van der Waals surface area contributed by atoms with Crippen LogP contribution in [0.4, 0.5) is 5.13 Å². The van der Waals surface area contributed by atoms with Crippen LogP contribution in [0.15, 0.2) is 102 Å². The van der Waals surface area contributed by atoms with E-state index in [9.17, 15) is 4.79 Å². The van der Waals surface area contributed by atoms with E-state index in [0.29, 0.717) is 16.4 Å². The second-order valence-corrected chi connectivity index (χ2v) is 7.82. The van der Waals surface area contributed by atoms with Gasteiger partial charge in [0.25, 0.3) is 5.91 Å². The van der Waals surface area contributed by atoms with Crippen LogP contribution < -0.4 is 10.1 Å². The number of carbonyl (C=O) groups excluding carboxylic acids is 1. The van der Waals surface area contributed by atoms with Gasteiger partial charge >= 0.3 is 0 Å². The molecule has 0 radical (unpaired) electrons. The summed E-state index contributed by atoms with van der Waals surface area (Å²) in [6, 6.07) is 31.0. The van der Waals surface area contributed by atoms with E-state index < -0.39 is 0 Å². The normalized spacial score (nSPS) is 10.7. The molecule has 31 heavy (non-hydrogen) atoms. The molecule has 1 aromatic heterocycles. The lowest BCUT2D eigenvalue weighted by Gasteiger charge is -2.06. The molecule has 0 unspecified atom stereocenters. The first kappa shape index (κ1) is 19.0. The van der Waals surface area contributed by atoms with Crippen LogP contribution in [-0.2, 0) is 0 Å². The zero-order valence-corrected chi connectivity index (χ0v) is 17.3. The maximum absolute atomic E-state index is 12.7. The summed E-state index contributed by atoms with van der Waals surface area (Å²) in [7, 11) is 0. The van der Waals surface area contributed by atoms with Gasteiger partial charge in [-0.15, -0.1) is 11.3 Å². The van der Waals surface area contributed by atoms with Crippen molar-refractivity contribution in [3.05, 3.63) is 108 Å². The number of benzene rings is 4. The molecule has 4 nitrogen and oxygen atoms in total. The van der Waals surface area contributed by atoms with Crippen molar-refractivity contribution in [3.63, 3.8) is 0 Å². The van der Waals surface area contributed by atoms with Crippen LogP contribution in [0, 0.1) is 0 Å². The minimum atomic E-state index is -0.204. The van der Waals surface area contributed by atoms with Crippen molar-refractivity contribution in [2.75, 3.05) is 5.32 Å². The molecule has 0 atom stereocenters. The predicted molar refractivity (Wildman–Crippen MR) is 126 cm³/mol. The third kappa shape index (κ3) is 4.17. The lowest BCUT2D eigenvalue weighted by atomic mass is 10.0. The summed E-state index contributed by atoms with van der Waals surface area (Å²) in [4.78, 5) is 17.3. The van der Waals surface area contributed by atoms with Crippen LogP contribution >= 0.6 is 11.3 Å². The van der Waals surface area contributed by atoms with E-state index in [2.05, 4.69) is 34.6 Å². The lowest BCUT2D eigenvalue weighted by molar-refractivity contribution is 0.102. The van der Waals surface area contributed by atoms with Crippen molar-refractivity contribution in [1.82, 2.24) is 4.98 Å². The molecular weight excluding hydrogens is 404 g/mol. The van der Waals surface area contributed by atoms with Gasteiger partial charge in [0.15, 0.2) is 5.13 Å². The molecule has 1 heterocycles. The molecule has 0 bridgehead atoms. The molecule has 1 N–H and O–H groups in total. The zero-order chi connectivity index (χ0) is 21.0. The summed E-state index contributed by atoms with van der Waals surface area (Å²) in [5.74, 6) is 1.23. The molecule has 0 spiro atoms.